The second-order valence-corrected chi connectivity index (χ2v) is 7.08. The van der Waals surface area contributed by atoms with Crippen molar-refractivity contribution in [1.29, 1.82) is 0 Å². The van der Waals surface area contributed by atoms with E-state index >= 15 is 0 Å². The summed E-state index contributed by atoms with van der Waals surface area (Å²) in [6.07, 6.45) is 0.501. The highest BCUT2D eigenvalue weighted by atomic mass is 35.5. The summed E-state index contributed by atoms with van der Waals surface area (Å²) in [6, 6.07) is 13.0. The van der Waals surface area contributed by atoms with Crippen molar-refractivity contribution in [2.75, 3.05) is 5.32 Å². The van der Waals surface area contributed by atoms with E-state index < -0.39 is 0 Å². The lowest BCUT2D eigenvalue weighted by Crippen LogP contribution is -2.12. The SMILES string of the molecule is Cc1ccc(NC(=O)c2csc(Cc3c(Cl)cccc3Cl)n2)cc1. The number of rotatable bonds is 4. The Bertz CT molecular complexity index is 855. The highest BCUT2D eigenvalue weighted by molar-refractivity contribution is 7.09. The number of nitrogens with zero attached hydrogens (tertiary/aromatic N) is 1. The molecule has 0 saturated carbocycles. The molecule has 122 valence electrons. The van der Waals surface area contributed by atoms with Crippen LogP contribution in [0.25, 0.3) is 0 Å². The minimum Gasteiger partial charge on any atom is -0.321 e. The van der Waals surface area contributed by atoms with Gasteiger partial charge in [0.25, 0.3) is 5.91 Å². The lowest BCUT2D eigenvalue weighted by atomic mass is 10.1. The Labute approximate surface area is 154 Å². The first kappa shape index (κ1) is 17.0. The number of aryl methyl sites for hydroxylation is 1. The molecule has 0 saturated heterocycles. The number of anilines is 1. The number of thiazole rings is 1. The van der Waals surface area contributed by atoms with Crippen molar-refractivity contribution >= 4 is 46.1 Å². The number of aromatic nitrogens is 1. The molecule has 0 fully saturated rings. The predicted octanol–water partition coefficient (Wildman–Crippen LogP) is 5.60. The van der Waals surface area contributed by atoms with Crippen molar-refractivity contribution in [3.05, 3.63) is 79.7 Å². The zero-order valence-corrected chi connectivity index (χ0v) is 15.2. The van der Waals surface area contributed by atoms with Crippen molar-refractivity contribution in [2.45, 2.75) is 13.3 Å². The molecule has 3 aromatic rings. The van der Waals surface area contributed by atoms with Crippen LogP contribution in [0.5, 0.6) is 0 Å². The van der Waals surface area contributed by atoms with Gasteiger partial charge in [0.1, 0.15) is 5.69 Å². The van der Waals surface area contributed by atoms with Gasteiger partial charge in [-0.15, -0.1) is 11.3 Å². The van der Waals surface area contributed by atoms with Crippen LogP contribution in [-0.4, -0.2) is 10.9 Å². The molecule has 1 aromatic heterocycles. The van der Waals surface area contributed by atoms with Gasteiger partial charge in [-0.2, -0.15) is 0 Å². The van der Waals surface area contributed by atoms with E-state index in [1.807, 2.05) is 31.2 Å². The molecule has 1 N–H and O–H groups in total. The Morgan fingerprint density at radius 1 is 1.12 bits per heavy atom. The molecule has 0 aliphatic rings. The van der Waals surface area contributed by atoms with Gasteiger partial charge in [0.2, 0.25) is 0 Å². The maximum Gasteiger partial charge on any atom is 0.275 e. The van der Waals surface area contributed by atoms with Crippen LogP contribution in [0.3, 0.4) is 0 Å². The molecule has 0 radical (unpaired) electrons. The summed E-state index contributed by atoms with van der Waals surface area (Å²) in [5.74, 6) is -0.230. The third kappa shape index (κ3) is 3.96. The number of amides is 1. The largest absolute Gasteiger partial charge is 0.321 e. The zero-order chi connectivity index (χ0) is 17.1. The molecular weight excluding hydrogens is 363 g/mol. The monoisotopic (exact) mass is 376 g/mol. The Morgan fingerprint density at radius 2 is 1.79 bits per heavy atom. The van der Waals surface area contributed by atoms with Gasteiger partial charge >= 0.3 is 0 Å². The summed E-state index contributed by atoms with van der Waals surface area (Å²) in [6.45, 7) is 2.00. The molecule has 0 spiro atoms. The molecule has 1 amide bonds. The standard InChI is InChI=1S/C18H14Cl2N2OS/c1-11-5-7-12(8-6-11)21-18(23)16-10-24-17(22-16)9-13-14(19)3-2-4-15(13)20/h2-8,10H,9H2,1H3,(H,21,23). The summed E-state index contributed by atoms with van der Waals surface area (Å²) in [4.78, 5) is 16.7. The summed E-state index contributed by atoms with van der Waals surface area (Å²) in [7, 11) is 0. The number of carbonyl (C=O) groups excluding carboxylic acids is 1. The quantitative estimate of drug-likeness (QED) is 0.643. The van der Waals surface area contributed by atoms with E-state index in [0.29, 0.717) is 22.2 Å². The highest BCUT2D eigenvalue weighted by Crippen LogP contribution is 2.28. The van der Waals surface area contributed by atoms with Gasteiger partial charge in [-0.25, -0.2) is 4.98 Å². The van der Waals surface area contributed by atoms with E-state index in [9.17, 15) is 4.79 Å². The van der Waals surface area contributed by atoms with Crippen LogP contribution in [0.15, 0.2) is 47.8 Å². The average molecular weight is 377 g/mol. The van der Waals surface area contributed by atoms with E-state index in [-0.39, 0.29) is 5.91 Å². The minimum absolute atomic E-state index is 0.230. The molecule has 0 aliphatic carbocycles. The maximum atomic E-state index is 12.3. The van der Waals surface area contributed by atoms with Crippen LogP contribution in [-0.2, 0) is 6.42 Å². The summed E-state index contributed by atoms with van der Waals surface area (Å²) in [5, 5.41) is 6.57. The van der Waals surface area contributed by atoms with Crippen molar-refractivity contribution in [1.82, 2.24) is 4.98 Å². The van der Waals surface area contributed by atoms with Crippen molar-refractivity contribution in [2.24, 2.45) is 0 Å². The molecule has 1 heterocycles. The first-order valence-corrected chi connectivity index (χ1v) is 8.92. The molecule has 0 aliphatic heterocycles. The fourth-order valence-electron chi connectivity index (χ4n) is 2.18. The number of nitrogens with one attached hydrogen (secondary N) is 1. The summed E-state index contributed by atoms with van der Waals surface area (Å²) in [5.41, 5.74) is 3.09. The fourth-order valence-corrected chi connectivity index (χ4v) is 3.50. The minimum atomic E-state index is -0.230. The van der Waals surface area contributed by atoms with Gasteiger partial charge in [-0.1, -0.05) is 47.0 Å². The Morgan fingerprint density at radius 3 is 2.46 bits per heavy atom. The third-order valence-corrected chi connectivity index (χ3v) is 5.04. The van der Waals surface area contributed by atoms with Gasteiger partial charge in [0.05, 0.1) is 5.01 Å². The number of benzene rings is 2. The zero-order valence-electron chi connectivity index (χ0n) is 12.8. The van der Waals surface area contributed by atoms with Crippen LogP contribution in [0.4, 0.5) is 5.69 Å². The Hall–Kier alpha value is -1.88. The second-order valence-electron chi connectivity index (χ2n) is 5.32. The van der Waals surface area contributed by atoms with Gasteiger partial charge in [0.15, 0.2) is 0 Å². The third-order valence-electron chi connectivity index (χ3n) is 3.48. The van der Waals surface area contributed by atoms with E-state index in [2.05, 4.69) is 10.3 Å². The number of halogens is 2. The number of hydrogen-bond acceptors (Lipinski definition) is 3. The lowest BCUT2D eigenvalue weighted by Gasteiger charge is -2.04. The number of hydrogen-bond donors (Lipinski definition) is 1. The molecule has 0 bridgehead atoms. The molecular formula is C18H14Cl2N2OS. The normalized spacial score (nSPS) is 10.6. The van der Waals surface area contributed by atoms with E-state index in [4.69, 9.17) is 23.2 Å². The Kier molecular flexibility index (Phi) is 5.19. The van der Waals surface area contributed by atoms with Crippen molar-refractivity contribution in [3.8, 4) is 0 Å². The van der Waals surface area contributed by atoms with Crippen molar-refractivity contribution in [3.63, 3.8) is 0 Å². The molecule has 0 atom stereocenters. The molecule has 2 aromatic carbocycles. The van der Waals surface area contributed by atoms with Gasteiger partial charge in [0, 0.05) is 27.5 Å². The molecule has 0 unspecified atom stereocenters. The summed E-state index contributed by atoms with van der Waals surface area (Å²) >= 11 is 13.8. The Balaban J connectivity index is 1.73. The van der Waals surface area contributed by atoms with Crippen LogP contribution < -0.4 is 5.32 Å². The fraction of sp³-hybridized carbons (Fsp3) is 0.111. The van der Waals surface area contributed by atoms with Crippen LogP contribution >= 0.6 is 34.5 Å². The predicted molar refractivity (Wildman–Crippen MR) is 101 cm³/mol. The average Bonchev–Trinajstić information content (AvgIpc) is 3.02. The first-order valence-electron chi connectivity index (χ1n) is 7.28. The van der Waals surface area contributed by atoms with Crippen LogP contribution in [0.2, 0.25) is 10.0 Å². The topological polar surface area (TPSA) is 42.0 Å². The van der Waals surface area contributed by atoms with Gasteiger partial charge in [-0.05, 0) is 36.8 Å². The van der Waals surface area contributed by atoms with Crippen LogP contribution in [0.1, 0.15) is 26.6 Å². The number of carbonyl (C=O) groups is 1. The smallest absolute Gasteiger partial charge is 0.275 e. The highest BCUT2D eigenvalue weighted by Gasteiger charge is 2.13. The van der Waals surface area contributed by atoms with Crippen molar-refractivity contribution < 1.29 is 4.79 Å². The van der Waals surface area contributed by atoms with Crippen LogP contribution in [0, 0.1) is 6.92 Å². The van der Waals surface area contributed by atoms with Gasteiger partial charge < -0.3 is 5.32 Å². The first-order chi connectivity index (χ1) is 11.5. The van der Waals surface area contributed by atoms with E-state index in [0.717, 1.165) is 21.8 Å². The van der Waals surface area contributed by atoms with E-state index in [1.165, 1.54) is 11.3 Å². The molecule has 24 heavy (non-hydrogen) atoms. The maximum absolute atomic E-state index is 12.3. The molecule has 6 heteroatoms. The molecule has 3 rings (SSSR count). The van der Waals surface area contributed by atoms with Gasteiger partial charge in [-0.3, -0.25) is 4.79 Å². The summed E-state index contributed by atoms with van der Waals surface area (Å²) < 4.78 is 0. The van der Waals surface area contributed by atoms with E-state index in [1.54, 1.807) is 23.6 Å². The second kappa shape index (κ2) is 7.34. The lowest BCUT2D eigenvalue weighted by molar-refractivity contribution is 0.102. The molecule has 3 nitrogen and oxygen atoms in total.